The minimum absolute atomic E-state index is 0.139. The van der Waals surface area contributed by atoms with Crippen molar-refractivity contribution in [1.82, 2.24) is 10.5 Å². The molecule has 138 valence electrons. The molecule has 0 unspecified atom stereocenters. The summed E-state index contributed by atoms with van der Waals surface area (Å²) < 4.78 is 5.39. The SMILES string of the molecule is Cc1ccc(-c2cc(CNC(=O)c3ccc(-c4ccccc4)cc3)no2)cc1. The van der Waals surface area contributed by atoms with Crippen LogP contribution in [0.2, 0.25) is 0 Å². The van der Waals surface area contributed by atoms with Gasteiger partial charge in [0.25, 0.3) is 5.91 Å². The van der Waals surface area contributed by atoms with Gasteiger partial charge in [0.05, 0.1) is 6.54 Å². The average Bonchev–Trinajstić information content (AvgIpc) is 3.22. The van der Waals surface area contributed by atoms with E-state index in [1.54, 1.807) is 0 Å². The molecule has 0 aliphatic heterocycles. The second-order valence-electron chi connectivity index (χ2n) is 6.67. The number of nitrogens with zero attached hydrogens (tertiary/aromatic N) is 1. The van der Waals surface area contributed by atoms with Crippen molar-refractivity contribution in [2.45, 2.75) is 13.5 Å². The number of benzene rings is 3. The summed E-state index contributed by atoms with van der Waals surface area (Å²) in [5, 5.41) is 6.93. The molecule has 0 bridgehead atoms. The van der Waals surface area contributed by atoms with E-state index in [-0.39, 0.29) is 5.91 Å². The zero-order valence-corrected chi connectivity index (χ0v) is 15.6. The van der Waals surface area contributed by atoms with Crippen LogP contribution in [0.1, 0.15) is 21.6 Å². The Hall–Kier alpha value is -3.66. The second kappa shape index (κ2) is 7.92. The molecule has 0 aliphatic rings. The fraction of sp³-hybridized carbons (Fsp3) is 0.0833. The van der Waals surface area contributed by atoms with E-state index < -0.39 is 0 Å². The molecule has 1 heterocycles. The monoisotopic (exact) mass is 368 g/mol. The molecule has 1 N–H and O–H groups in total. The van der Waals surface area contributed by atoms with Crippen molar-refractivity contribution < 1.29 is 9.32 Å². The highest BCUT2D eigenvalue weighted by molar-refractivity contribution is 5.94. The highest BCUT2D eigenvalue weighted by Crippen LogP contribution is 2.21. The van der Waals surface area contributed by atoms with Crippen molar-refractivity contribution in [2.24, 2.45) is 0 Å². The van der Waals surface area contributed by atoms with Crippen LogP contribution in [-0.2, 0) is 6.54 Å². The number of aryl methyl sites for hydroxylation is 1. The van der Waals surface area contributed by atoms with E-state index in [1.165, 1.54) is 5.56 Å². The Balaban J connectivity index is 1.39. The van der Waals surface area contributed by atoms with Gasteiger partial charge in [-0.05, 0) is 30.2 Å². The Morgan fingerprint density at radius 2 is 1.50 bits per heavy atom. The van der Waals surface area contributed by atoms with E-state index in [1.807, 2.05) is 91.9 Å². The van der Waals surface area contributed by atoms with Crippen molar-refractivity contribution in [1.29, 1.82) is 0 Å². The van der Waals surface area contributed by atoms with E-state index in [4.69, 9.17) is 4.52 Å². The van der Waals surface area contributed by atoms with Gasteiger partial charge in [-0.15, -0.1) is 0 Å². The van der Waals surface area contributed by atoms with Crippen LogP contribution in [0.3, 0.4) is 0 Å². The lowest BCUT2D eigenvalue weighted by atomic mass is 10.0. The Bertz CT molecular complexity index is 1070. The highest BCUT2D eigenvalue weighted by atomic mass is 16.5. The van der Waals surface area contributed by atoms with Gasteiger partial charge < -0.3 is 9.84 Å². The summed E-state index contributed by atoms with van der Waals surface area (Å²) in [5.74, 6) is 0.552. The topological polar surface area (TPSA) is 55.1 Å². The maximum Gasteiger partial charge on any atom is 0.251 e. The minimum atomic E-state index is -0.139. The molecule has 28 heavy (non-hydrogen) atoms. The molecule has 0 radical (unpaired) electrons. The summed E-state index contributed by atoms with van der Waals surface area (Å²) in [6.45, 7) is 2.35. The van der Waals surface area contributed by atoms with Gasteiger partial charge in [0.2, 0.25) is 0 Å². The molecule has 0 atom stereocenters. The van der Waals surface area contributed by atoms with E-state index in [0.717, 1.165) is 16.7 Å². The molecule has 0 saturated carbocycles. The van der Waals surface area contributed by atoms with Gasteiger partial charge in [-0.25, -0.2) is 0 Å². The molecule has 0 saturated heterocycles. The van der Waals surface area contributed by atoms with Crippen LogP contribution in [0, 0.1) is 6.92 Å². The lowest BCUT2D eigenvalue weighted by Crippen LogP contribution is -2.22. The van der Waals surface area contributed by atoms with Crippen LogP contribution in [0.25, 0.3) is 22.5 Å². The molecular weight excluding hydrogens is 348 g/mol. The maximum absolute atomic E-state index is 12.4. The smallest absolute Gasteiger partial charge is 0.251 e. The van der Waals surface area contributed by atoms with Crippen LogP contribution in [0.5, 0.6) is 0 Å². The van der Waals surface area contributed by atoms with E-state index in [9.17, 15) is 4.79 Å². The second-order valence-corrected chi connectivity index (χ2v) is 6.67. The molecule has 4 aromatic rings. The number of hydrogen-bond donors (Lipinski definition) is 1. The number of amides is 1. The van der Waals surface area contributed by atoms with E-state index >= 15 is 0 Å². The van der Waals surface area contributed by atoms with Gasteiger partial charge in [-0.3, -0.25) is 4.79 Å². The Morgan fingerprint density at radius 1 is 0.857 bits per heavy atom. The standard InChI is InChI=1S/C24H20N2O2/c1-17-7-9-20(10-8-17)23-15-22(26-28-23)16-25-24(27)21-13-11-19(12-14-21)18-5-3-2-4-6-18/h2-15H,16H2,1H3,(H,25,27). The zero-order valence-electron chi connectivity index (χ0n) is 15.6. The third-order valence-corrected chi connectivity index (χ3v) is 4.58. The summed E-state index contributed by atoms with van der Waals surface area (Å²) in [7, 11) is 0. The Morgan fingerprint density at radius 3 is 2.21 bits per heavy atom. The summed E-state index contributed by atoms with van der Waals surface area (Å²) in [5.41, 5.74) is 5.66. The van der Waals surface area contributed by atoms with Crippen molar-refractivity contribution in [3.05, 3.63) is 102 Å². The highest BCUT2D eigenvalue weighted by Gasteiger charge is 2.10. The first kappa shape index (κ1) is 17.7. The zero-order chi connectivity index (χ0) is 19.3. The lowest BCUT2D eigenvalue weighted by Gasteiger charge is -2.05. The predicted octanol–water partition coefficient (Wildman–Crippen LogP) is 5.25. The number of nitrogens with one attached hydrogen (secondary N) is 1. The third kappa shape index (κ3) is 4.01. The number of carbonyl (C=O) groups excluding carboxylic acids is 1. The number of carbonyl (C=O) groups is 1. The van der Waals surface area contributed by atoms with Gasteiger partial charge in [0, 0.05) is 17.2 Å². The van der Waals surface area contributed by atoms with Crippen LogP contribution < -0.4 is 5.32 Å². The van der Waals surface area contributed by atoms with Crippen molar-refractivity contribution in [2.75, 3.05) is 0 Å². The fourth-order valence-corrected chi connectivity index (χ4v) is 2.97. The molecule has 4 nitrogen and oxygen atoms in total. The predicted molar refractivity (Wildman–Crippen MR) is 110 cm³/mol. The first-order chi connectivity index (χ1) is 13.7. The molecule has 1 amide bonds. The normalized spacial score (nSPS) is 10.6. The number of hydrogen-bond acceptors (Lipinski definition) is 3. The quantitative estimate of drug-likeness (QED) is 0.524. The molecular formula is C24H20N2O2. The van der Waals surface area contributed by atoms with Gasteiger partial charge >= 0.3 is 0 Å². The maximum atomic E-state index is 12.4. The molecule has 0 fully saturated rings. The molecule has 4 rings (SSSR count). The molecule has 4 heteroatoms. The summed E-state index contributed by atoms with van der Waals surface area (Å²) >= 11 is 0. The van der Waals surface area contributed by atoms with E-state index in [2.05, 4.69) is 10.5 Å². The minimum Gasteiger partial charge on any atom is -0.356 e. The van der Waals surface area contributed by atoms with E-state index in [0.29, 0.717) is 23.6 Å². The van der Waals surface area contributed by atoms with Crippen LogP contribution in [-0.4, -0.2) is 11.1 Å². The van der Waals surface area contributed by atoms with Crippen LogP contribution >= 0.6 is 0 Å². The molecule has 3 aromatic carbocycles. The van der Waals surface area contributed by atoms with Crippen LogP contribution in [0.4, 0.5) is 0 Å². The van der Waals surface area contributed by atoms with Crippen molar-refractivity contribution in [3.63, 3.8) is 0 Å². The summed E-state index contributed by atoms with van der Waals surface area (Å²) in [6, 6.07) is 27.5. The van der Waals surface area contributed by atoms with Crippen molar-refractivity contribution >= 4 is 5.91 Å². The molecule has 0 spiro atoms. The summed E-state index contributed by atoms with van der Waals surface area (Å²) in [4.78, 5) is 12.4. The molecule has 0 aliphatic carbocycles. The largest absolute Gasteiger partial charge is 0.356 e. The number of aromatic nitrogens is 1. The van der Waals surface area contributed by atoms with Crippen LogP contribution in [0.15, 0.2) is 89.5 Å². The van der Waals surface area contributed by atoms with Gasteiger partial charge in [-0.2, -0.15) is 0 Å². The van der Waals surface area contributed by atoms with Crippen molar-refractivity contribution in [3.8, 4) is 22.5 Å². The summed E-state index contributed by atoms with van der Waals surface area (Å²) in [6.07, 6.45) is 0. The third-order valence-electron chi connectivity index (χ3n) is 4.58. The fourth-order valence-electron chi connectivity index (χ4n) is 2.97. The first-order valence-electron chi connectivity index (χ1n) is 9.15. The Kier molecular flexibility index (Phi) is 5.02. The van der Waals surface area contributed by atoms with Gasteiger partial charge in [-0.1, -0.05) is 77.5 Å². The molecule has 1 aromatic heterocycles. The Labute approximate surface area is 163 Å². The van der Waals surface area contributed by atoms with Gasteiger partial charge in [0.1, 0.15) is 5.69 Å². The average molecular weight is 368 g/mol. The first-order valence-corrected chi connectivity index (χ1v) is 9.15. The lowest BCUT2D eigenvalue weighted by molar-refractivity contribution is 0.0950. The van der Waals surface area contributed by atoms with Gasteiger partial charge in [0.15, 0.2) is 5.76 Å². The number of rotatable bonds is 5.